The van der Waals surface area contributed by atoms with Crippen LogP contribution in [0.1, 0.15) is 54.5 Å². The summed E-state index contributed by atoms with van der Waals surface area (Å²) in [6.07, 6.45) is 5.55. The fraction of sp³-hybridized carbons (Fsp3) is 0.526. The standard InChI is InChI=1S/C19H22ClN5O.ClH/c20-15-3-1-2-4-16(15)25-18(12-5-6-12)22-17(23-25)19(26)24-10-9-13-7-8-14(11-24)21-13;/h1-4,12-14,21H,5-11H2;1H. The Morgan fingerprint density at radius 1 is 1.11 bits per heavy atom. The van der Waals surface area contributed by atoms with Crippen LogP contribution in [-0.2, 0) is 0 Å². The third-order valence-corrected chi connectivity index (χ3v) is 5.98. The number of halogens is 2. The molecule has 1 aliphatic carbocycles. The van der Waals surface area contributed by atoms with Crippen LogP contribution in [0.25, 0.3) is 5.69 Å². The third kappa shape index (κ3) is 3.58. The van der Waals surface area contributed by atoms with Crippen molar-refractivity contribution in [2.45, 2.75) is 50.1 Å². The highest BCUT2D eigenvalue weighted by Crippen LogP contribution is 2.40. The van der Waals surface area contributed by atoms with Gasteiger partial charge in [0.2, 0.25) is 5.82 Å². The molecule has 1 saturated carbocycles. The van der Waals surface area contributed by atoms with Gasteiger partial charge in [-0.2, -0.15) is 0 Å². The monoisotopic (exact) mass is 407 g/mol. The first kappa shape index (κ1) is 18.7. The zero-order valence-electron chi connectivity index (χ0n) is 15.0. The van der Waals surface area contributed by atoms with Gasteiger partial charge in [0.15, 0.2) is 0 Å². The van der Waals surface area contributed by atoms with Crippen molar-refractivity contribution in [2.75, 3.05) is 13.1 Å². The summed E-state index contributed by atoms with van der Waals surface area (Å²) in [5.74, 6) is 1.47. The molecule has 2 atom stereocenters. The maximum absolute atomic E-state index is 13.1. The van der Waals surface area contributed by atoms with Gasteiger partial charge in [-0.05, 0) is 44.2 Å². The normalized spacial score (nSPS) is 24.4. The van der Waals surface area contributed by atoms with Crippen molar-refractivity contribution in [3.05, 3.63) is 40.9 Å². The zero-order valence-corrected chi connectivity index (χ0v) is 16.5. The smallest absolute Gasteiger partial charge is 0.293 e. The van der Waals surface area contributed by atoms with Gasteiger partial charge in [-0.1, -0.05) is 23.7 Å². The summed E-state index contributed by atoms with van der Waals surface area (Å²) < 4.78 is 1.77. The number of nitrogens with zero attached hydrogens (tertiary/aromatic N) is 4. The Morgan fingerprint density at radius 3 is 2.67 bits per heavy atom. The number of hydrogen-bond acceptors (Lipinski definition) is 4. The summed E-state index contributed by atoms with van der Waals surface area (Å²) in [4.78, 5) is 19.6. The molecule has 1 aromatic heterocycles. The Balaban J connectivity index is 0.00000180. The number of carbonyl (C=O) groups is 1. The molecular formula is C19H23Cl2N5O. The third-order valence-electron chi connectivity index (χ3n) is 5.66. The van der Waals surface area contributed by atoms with Crippen LogP contribution in [-0.4, -0.2) is 50.7 Å². The summed E-state index contributed by atoms with van der Waals surface area (Å²) in [5, 5.41) is 8.81. The van der Waals surface area contributed by atoms with Crippen LogP contribution >= 0.6 is 24.0 Å². The van der Waals surface area contributed by atoms with Gasteiger partial charge >= 0.3 is 0 Å². The lowest BCUT2D eigenvalue weighted by molar-refractivity contribution is 0.0736. The van der Waals surface area contributed by atoms with Crippen LogP contribution in [0.4, 0.5) is 0 Å². The van der Waals surface area contributed by atoms with Crippen LogP contribution in [0.5, 0.6) is 0 Å². The van der Waals surface area contributed by atoms with E-state index in [1.807, 2.05) is 29.2 Å². The van der Waals surface area contributed by atoms with Gasteiger partial charge in [0.25, 0.3) is 5.91 Å². The minimum atomic E-state index is -0.0629. The number of carbonyl (C=O) groups excluding carboxylic acids is 1. The second-order valence-corrected chi connectivity index (χ2v) is 8.02. The molecule has 3 heterocycles. The molecule has 2 aromatic rings. The first-order valence-corrected chi connectivity index (χ1v) is 9.84. The van der Waals surface area contributed by atoms with Crippen molar-refractivity contribution in [1.82, 2.24) is 25.0 Å². The molecule has 0 radical (unpaired) electrons. The summed E-state index contributed by atoms with van der Waals surface area (Å²) in [6, 6.07) is 8.54. The molecule has 1 amide bonds. The molecule has 2 aliphatic heterocycles. The summed E-state index contributed by atoms with van der Waals surface area (Å²) in [7, 11) is 0. The minimum absolute atomic E-state index is 0. The molecule has 6 nitrogen and oxygen atoms in total. The van der Waals surface area contributed by atoms with Crippen LogP contribution < -0.4 is 5.32 Å². The van der Waals surface area contributed by atoms with Crippen LogP contribution in [0, 0.1) is 0 Å². The number of aromatic nitrogens is 3. The number of nitrogens with one attached hydrogen (secondary N) is 1. The summed E-state index contributed by atoms with van der Waals surface area (Å²) in [6.45, 7) is 1.52. The molecule has 5 rings (SSSR count). The van der Waals surface area contributed by atoms with E-state index in [4.69, 9.17) is 11.6 Å². The highest BCUT2D eigenvalue weighted by Gasteiger charge is 2.35. The SMILES string of the molecule is Cl.O=C(c1nc(C2CC2)n(-c2ccccc2Cl)n1)N1CCC2CCC(C1)N2. The van der Waals surface area contributed by atoms with E-state index in [1.165, 1.54) is 6.42 Å². The van der Waals surface area contributed by atoms with Crippen molar-refractivity contribution in [1.29, 1.82) is 0 Å². The molecule has 1 aromatic carbocycles. The average molecular weight is 408 g/mol. The van der Waals surface area contributed by atoms with E-state index in [-0.39, 0.29) is 18.3 Å². The lowest BCUT2D eigenvalue weighted by atomic mass is 10.1. The zero-order chi connectivity index (χ0) is 17.7. The van der Waals surface area contributed by atoms with Crippen molar-refractivity contribution in [3.8, 4) is 5.69 Å². The van der Waals surface area contributed by atoms with Crippen LogP contribution in [0.2, 0.25) is 5.02 Å². The lowest BCUT2D eigenvalue weighted by Gasteiger charge is -2.22. The van der Waals surface area contributed by atoms with Gasteiger partial charge in [-0.25, -0.2) is 9.67 Å². The molecular weight excluding hydrogens is 385 g/mol. The Labute approximate surface area is 169 Å². The predicted octanol–water partition coefficient (Wildman–Crippen LogP) is 3.19. The highest BCUT2D eigenvalue weighted by atomic mass is 35.5. The molecule has 2 unspecified atom stereocenters. The molecule has 27 heavy (non-hydrogen) atoms. The van der Waals surface area contributed by atoms with E-state index in [1.54, 1.807) is 4.68 Å². The molecule has 2 saturated heterocycles. The molecule has 8 heteroatoms. The first-order valence-electron chi connectivity index (χ1n) is 9.46. The number of likely N-dealkylation sites (tertiary alicyclic amines) is 1. The maximum atomic E-state index is 13.1. The number of benzene rings is 1. The van der Waals surface area contributed by atoms with Crippen LogP contribution in [0.15, 0.2) is 24.3 Å². The Bertz CT molecular complexity index is 850. The number of para-hydroxylation sites is 1. The first-order chi connectivity index (χ1) is 12.7. The predicted molar refractivity (Wildman–Crippen MR) is 106 cm³/mol. The molecule has 1 N–H and O–H groups in total. The van der Waals surface area contributed by atoms with Crippen LogP contribution in [0.3, 0.4) is 0 Å². The summed E-state index contributed by atoms with van der Waals surface area (Å²) in [5.41, 5.74) is 0.791. The van der Waals surface area contributed by atoms with Gasteiger partial charge in [0, 0.05) is 31.1 Å². The van der Waals surface area contributed by atoms with Crippen molar-refractivity contribution < 1.29 is 4.79 Å². The fourth-order valence-electron chi connectivity index (χ4n) is 4.09. The van der Waals surface area contributed by atoms with E-state index >= 15 is 0 Å². The molecule has 2 bridgehead atoms. The average Bonchev–Trinajstić information content (AvgIpc) is 3.28. The van der Waals surface area contributed by atoms with Gasteiger partial charge in [0.1, 0.15) is 5.82 Å². The topological polar surface area (TPSA) is 63.1 Å². The fourth-order valence-corrected chi connectivity index (χ4v) is 4.31. The van der Waals surface area contributed by atoms with E-state index in [0.717, 1.165) is 50.3 Å². The highest BCUT2D eigenvalue weighted by molar-refractivity contribution is 6.32. The van der Waals surface area contributed by atoms with E-state index in [2.05, 4.69) is 15.4 Å². The second kappa shape index (κ2) is 7.41. The van der Waals surface area contributed by atoms with E-state index in [9.17, 15) is 4.79 Å². The largest absolute Gasteiger partial charge is 0.334 e. The Hall–Kier alpha value is -1.63. The second-order valence-electron chi connectivity index (χ2n) is 7.61. The maximum Gasteiger partial charge on any atom is 0.293 e. The van der Waals surface area contributed by atoms with Crippen molar-refractivity contribution in [2.24, 2.45) is 0 Å². The Morgan fingerprint density at radius 2 is 1.89 bits per heavy atom. The molecule has 3 fully saturated rings. The van der Waals surface area contributed by atoms with Gasteiger partial charge < -0.3 is 10.2 Å². The Kier molecular flexibility index (Phi) is 5.14. The minimum Gasteiger partial charge on any atom is -0.334 e. The molecule has 0 spiro atoms. The quantitative estimate of drug-likeness (QED) is 0.848. The number of rotatable bonds is 3. The van der Waals surface area contributed by atoms with E-state index < -0.39 is 0 Å². The summed E-state index contributed by atoms with van der Waals surface area (Å²) >= 11 is 6.37. The van der Waals surface area contributed by atoms with Gasteiger partial charge in [0.05, 0.1) is 10.7 Å². The number of hydrogen-bond donors (Lipinski definition) is 1. The lowest BCUT2D eigenvalue weighted by Crippen LogP contribution is -2.39. The van der Waals surface area contributed by atoms with E-state index in [0.29, 0.717) is 28.8 Å². The molecule has 3 aliphatic rings. The van der Waals surface area contributed by atoms with Crippen molar-refractivity contribution in [3.63, 3.8) is 0 Å². The molecule has 144 valence electrons. The van der Waals surface area contributed by atoms with Crippen molar-refractivity contribution >= 4 is 29.9 Å². The van der Waals surface area contributed by atoms with Gasteiger partial charge in [-0.3, -0.25) is 4.79 Å². The van der Waals surface area contributed by atoms with Gasteiger partial charge in [-0.15, -0.1) is 17.5 Å². The number of amides is 1. The number of fused-ring (bicyclic) bond motifs is 2.